The highest BCUT2D eigenvalue weighted by Gasteiger charge is 2.19. The highest BCUT2D eigenvalue weighted by Crippen LogP contribution is 2.45. The quantitative estimate of drug-likeness (QED) is 0.206. The molecule has 196 valence electrons. The Labute approximate surface area is 247 Å². The Morgan fingerprint density at radius 1 is 0.381 bits per heavy atom. The van der Waals surface area contributed by atoms with E-state index in [0.29, 0.717) is 0 Å². The van der Waals surface area contributed by atoms with Crippen molar-refractivity contribution in [2.24, 2.45) is 0 Å². The Morgan fingerprint density at radius 3 is 1.69 bits per heavy atom. The van der Waals surface area contributed by atoms with E-state index in [1.54, 1.807) is 0 Å². The molecule has 0 atom stereocenters. The minimum absolute atomic E-state index is 1.18. The van der Waals surface area contributed by atoms with Crippen LogP contribution in [0.3, 0.4) is 0 Å². The number of hydrogen-bond acceptors (Lipinski definition) is 1. The number of para-hydroxylation sites is 1. The molecule has 0 saturated carbocycles. The van der Waals surface area contributed by atoms with Crippen molar-refractivity contribution in [1.29, 1.82) is 0 Å². The lowest BCUT2D eigenvalue weighted by Gasteiger charge is -2.14. The summed E-state index contributed by atoms with van der Waals surface area (Å²) >= 11 is 1.93. The van der Waals surface area contributed by atoms with Crippen LogP contribution in [0, 0.1) is 0 Å². The molecule has 9 aromatic rings. The first kappa shape index (κ1) is 23.5. The molecule has 0 N–H and O–H groups in total. The molecule has 0 radical (unpaired) electrons. The minimum atomic E-state index is 1.18. The lowest BCUT2D eigenvalue weighted by Crippen LogP contribution is -1.96. The first-order valence-electron chi connectivity index (χ1n) is 14.4. The van der Waals surface area contributed by atoms with Crippen molar-refractivity contribution < 1.29 is 0 Å². The van der Waals surface area contributed by atoms with Crippen LogP contribution in [-0.4, -0.2) is 4.57 Å². The Hall–Kier alpha value is -5.18. The molecule has 0 bridgehead atoms. The highest BCUT2D eigenvalue weighted by atomic mass is 32.1. The summed E-state index contributed by atoms with van der Waals surface area (Å²) in [6, 6.07) is 55.3. The highest BCUT2D eigenvalue weighted by molar-refractivity contribution is 7.27. The second-order valence-corrected chi connectivity index (χ2v) is 12.0. The van der Waals surface area contributed by atoms with Gasteiger partial charge in [0.25, 0.3) is 0 Å². The molecular weight excluding hydrogens is 527 g/mol. The van der Waals surface area contributed by atoms with Crippen LogP contribution >= 0.6 is 11.3 Å². The number of fused-ring (bicyclic) bond motifs is 9. The number of benzene rings is 7. The van der Waals surface area contributed by atoms with Crippen LogP contribution in [0.1, 0.15) is 0 Å². The van der Waals surface area contributed by atoms with Gasteiger partial charge >= 0.3 is 0 Å². The predicted molar refractivity (Wildman–Crippen MR) is 182 cm³/mol. The summed E-state index contributed by atoms with van der Waals surface area (Å²) in [4.78, 5) is 0. The summed E-state index contributed by atoms with van der Waals surface area (Å²) in [5, 5.41) is 7.83. The van der Waals surface area contributed by atoms with Crippen LogP contribution in [-0.2, 0) is 0 Å². The van der Waals surface area contributed by atoms with Gasteiger partial charge in [-0.15, -0.1) is 11.3 Å². The summed E-state index contributed by atoms with van der Waals surface area (Å²) in [6.07, 6.45) is 0. The average molecular weight is 552 g/mol. The molecule has 0 unspecified atom stereocenters. The maximum absolute atomic E-state index is 2.50. The molecule has 42 heavy (non-hydrogen) atoms. The second-order valence-electron chi connectivity index (χ2n) is 11.0. The van der Waals surface area contributed by atoms with Crippen LogP contribution in [0.15, 0.2) is 152 Å². The monoisotopic (exact) mass is 551 g/mol. The lowest BCUT2D eigenvalue weighted by atomic mass is 9.98. The molecule has 0 aliphatic heterocycles. The van der Waals surface area contributed by atoms with Gasteiger partial charge in [-0.25, -0.2) is 0 Å². The summed E-state index contributed by atoms with van der Waals surface area (Å²) in [7, 11) is 0. The molecule has 2 heterocycles. The van der Waals surface area contributed by atoms with E-state index in [4.69, 9.17) is 0 Å². The normalized spacial score (nSPS) is 11.8. The van der Waals surface area contributed by atoms with Gasteiger partial charge in [-0.05, 0) is 57.3 Å². The Kier molecular flexibility index (Phi) is 5.13. The Balaban J connectivity index is 1.44. The molecule has 0 saturated heterocycles. The average Bonchev–Trinajstić information content (AvgIpc) is 3.62. The van der Waals surface area contributed by atoms with Crippen LogP contribution < -0.4 is 0 Å². The smallest absolute Gasteiger partial charge is 0.0719 e. The van der Waals surface area contributed by atoms with E-state index in [1.807, 2.05) is 11.3 Å². The van der Waals surface area contributed by atoms with Crippen molar-refractivity contribution in [2.45, 2.75) is 0 Å². The van der Waals surface area contributed by atoms with Crippen molar-refractivity contribution in [1.82, 2.24) is 4.57 Å². The molecule has 0 aliphatic rings. The molecule has 0 amide bonds. The molecule has 7 aromatic carbocycles. The molecule has 2 aromatic heterocycles. The van der Waals surface area contributed by atoms with Gasteiger partial charge in [0.2, 0.25) is 0 Å². The van der Waals surface area contributed by atoms with Crippen LogP contribution in [0.4, 0.5) is 0 Å². The number of hydrogen-bond donors (Lipinski definition) is 0. The minimum Gasteiger partial charge on any atom is -0.308 e. The maximum atomic E-state index is 2.50. The van der Waals surface area contributed by atoms with E-state index in [9.17, 15) is 0 Å². The summed E-state index contributed by atoms with van der Waals surface area (Å²) in [5.74, 6) is 0. The molecule has 0 spiro atoms. The van der Waals surface area contributed by atoms with Crippen molar-refractivity contribution in [3.8, 4) is 27.9 Å². The van der Waals surface area contributed by atoms with E-state index >= 15 is 0 Å². The molecule has 9 rings (SSSR count). The topological polar surface area (TPSA) is 4.93 Å². The molecular formula is C40H25NS. The van der Waals surface area contributed by atoms with Crippen molar-refractivity contribution in [3.05, 3.63) is 152 Å². The number of nitrogens with zero attached hydrogens (tertiary/aromatic N) is 1. The first-order valence-corrected chi connectivity index (χ1v) is 15.2. The molecule has 0 fully saturated rings. The van der Waals surface area contributed by atoms with Crippen LogP contribution in [0.25, 0.3) is 80.7 Å². The predicted octanol–water partition coefficient (Wildman–Crippen LogP) is 11.6. The van der Waals surface area contributed by atoms with Gasteiger partial charge in [0, 0.05) is 31.9 Å². The van der Waals surface area contributed by atoms with E-state index in [1.165, 1.54) is 80.7 Å². The van der Waals surface area contributed by atoms with Crippen LogP contribution in [0.5, 0.6) is 0 Å². The van der Waals surface area contributed by atoms with E-state index < -0.39 is 0 Å². The van der Waals surface area contributed by atoms with Gasteiger partial charge in [-0.1, -0.05) is 127 Å². The molecule has 0 aliphatic carbocycles. The fourth-order valence-corrected chi connectivity index (χ4v) is 7.99. The second kappa shape index (κ2) is 9.17. The fraction of sp³-hybridized carbons (Fsp3) is 0. The van der Waals surface area contributed by atoms with E-state index in [-0.39, 0.29) is 0 Å². The number of thiophene rings is 1. The Bertz CT molecular complexity index is 2390. The SMILES string of the molecule is c1ccc(-c2cc(-c3ccccc3)cc(-n3c4ccccc4c4ccc5c6ccc7ccccc7c6sc5c43)c2)cc1. The van der Waals surface area contributed by atoms with Gasteiger partial charge in [-0.2, -0.15) is 0 Å². The van der Waals surface area contributed by atoms with Crippen molar-refractivity contribution >= 4 is 64.1 Å². The van der Waals surface area contributed by atoms with E-state index in [0.717, 1.165) is 0 Å². The van der Waals surface area contributed by atoms with Gasteiger partial charge in [-0.3, -0.25) is 0 Å². The van der Waals surface area contributed by atoms with Gasteiger partial charge in [0.15, 0.2) is 0 Å². The van der Waals surface area contributed by atoms with Gasteiger partial charge in [0.1, 0.15) is 0 Å². The van der Waals surface area contributed by atoms with Crippen LogP contribution in [0.2, 0.25) is 0 Å². The third kappa shape index (κ3) is 3.49. The zero-order chi connectivity index (χ0) is 27.6. The first-order chi connectivity index (χ1) is 20.8. The maximum Gasteiger partial charge on any atom is 0.0719 e. The van der Waals surface area contributed by atoms with Crippen molar-refractivity contribution in [2.75, 3.05) is 0 Å². The lowest BCUT2D eigenvalue weighted by molar-refractivity contribution is 1.19. The number of aromatic nitrogens is 1. The zero-order valence-corrected chi connectivity index (χ0v) is 23.6. The van der Waals surface area contributed by atoms with Gasteiger partial charge < -0.3 is 4.57 Å². The number of rotatable bonds is 3. The summed E-state index contributed by atoms with van der Waals surface area (Å²) in [5.41, 5.74) is 8.55. The molecule has 1 nitrogen and oxygen atoms in total. The third-order valence-electron chi connectivity index (χ3n) is 8.55. The van der Waals surface area contributed by atoms with Gasteiger partial charge in [0.05, 0.1) is 15.7 Å². The Morgan fingerprint density at radius 2 is 0.952 bits per heavy atom. The van der Waals surface area contributed by atoms with E-state index in [2.05, 4.69) is 156 Å². The standard InChI is InChI=1S/C40H25NS/c1-3-11-26(12-4-1)29-23-30(27-13-5-2-6-14-27)25-31(24-29)41-37-18-10-9-17-33(37)34-21-22-36-35-20-19-28-15-7-8-16-32(28)39(35)42-40(36)38(34)41/h1-25H. The molecule has 2 heteroatoms. The largest absolute Gasteiger partial charge is 0.308 e. The fourth-order valence-electron chi connectivity index (χ4n) is 6.61. The summed E-state index contributed by atoms with van der Waals surface area (Å²) in [6.45, 7) is 0. The van der Waals surface area contributed by atoms with Crippen molar-refractivity contribution in [3.63, 3.8) is 0 Å². The zero-order valence-electron chi connectivity index (χ0n) is 22.8. The summed E-state index contributed by atoms with van der Waals surface area (Å²) < 4.78 is 5.19. The third-order valence-corrected chi connectivity index (χ3v) is 9.82.